The minimum Gasteiger partial charge on any atom is -0.164 e. The first-order valence-electron chi connectivity index (χ1n) is 1.01. The molecule has 0 unspecified atom stereocenters. The highest BCUT2D eigenvalue weighted by Crippen LogP contribution is 2.09. The first kappa shape index (κ1) is 6.23. The Balaban J connectivity index is 3.17. The number of hydrogen-bond donors (Lipinski definition) is 1. The van der Waals surface area contributed by atoms with Gasteiger partial charge in [0, 0.05) is 16.1 Å². The lowest BCUT2D eigenvalue weighted by Crippen LogP contribution is -2.20. The lowest BCUT2D eigenvalue weighted by Gasteiger charge is -1.96. The van der Waals surface area contributed by atoms with E-state index in [1.807, 2.05) is 16.1 Å². The fourth-order valence-electron chi connectivity index (χ4n) is 0. The Hall–Kier alpha value is 0.230. The van der Waals surface area contributed by atoms with Crippen LogP contribution in [0.2, 0.25) is 0 Å². The van der Waals surface area contributed by atoms with Gasteiger partial charge in [-0.1, -0.05) is 0 Å². The number of rotatable bonds is 0. The highest BCUT2D eigenvalue weighted by atomic mass is 79.9. The average molecular weight is 164 g/mol. The lowest BCUT2D eigenvalue weighted by molar-refractivity contribution is -0.134. The van der Waals surface area contributed by atoms with E-state index in [1.165, 1.54) is 0 Å². The SMILES string of the molecule is FC(F)(F)NBr. The zero-order valence-corrected chi connectivity index (χ0v) is 4.10. The molecule has 0 fully saturated rings. The Morgan fingerprint density at radius 2 is 1.50 bits per heavy atom. The Kier molecular flexibility index (Phi) is 1.86. The van der Waals surface area contributed by atoms with Crippen LogP contribution in [-0.4, -0.2) is 6.30 Å². The van der Waals surface area contributed by atoms with Gasteiger partial charge in [-0.3, -0.25) is 0 Å². The summed E-state index contributed by atoms with van der Waals surface area (Å²) in [4.78, 5) is 0. The molecule has 6 heavy (non-hydrogen) atoms. The van der Waals surface area contributed by atoms with Gasteiger partial charge < -0.3 is 0 Å². The molecule has 0 aromatic heterocycles. The zero-order valence-electron chi connectivity index (χ0n) is 2.51. The number of hydrogen-bond acceptors (Lipinski definition) is 1. The molecule has 1 N–H and O–H groups in total. The second-order valence-corrected chi connectivity index (χ2v) is 0.989. The summed E-state index contributed by atoms with van der Waals surface area (Å²) in [7, 11) is 0. The molecular weight excluding hydrogens is 163 g/mol. The maximum Gasteiger partial charge on any atom is 0.467 e. The summed E-state index contributed by atoms with van der Waals surface area (Å²) >= 11 is 1.99. The van der Waals surface area contributed by atoms with Crippen molar-refractivity contribution in [2.75, 3.05) is 0 Å². The molecular formula is CHBrF3N. The Bertz CT molecular complexity index is 40.5. The summed E-state index contributed by atoms with van der Waals surface area (Å²) in [6, 6.07) is 0. The predicted octanol–water partition coefficient (Wildman–Crippen LogP) is 1.41. The fraction of sp³-hybridized carbons (Fsp3) is 1.00. The summed E-state index contributed by atoms with van der Waals surface area (Å²) in [5, 5.41) is 0. The maximum absolute atomic E-state index is 10.6. The third-order valence-electron chi connectivity index (χ3n) is 0.107. The lowest BCUT2D eigenvalue weighted by atomic mass is 11.3. The van der Waals surface area contributed by atoms with Gasteiger partial charge in [0.15, 0.2) is 0 Å². The van der Waals surface area contributed by atoms with Gasteiger partial charge in [0.05, 0.1) is 0 Å². The zero-order chi connectivity index (χ0) is 5.21. The van der Waals surface area contributed by atoms with E-state index in [1.54, 1.807) is 0 Å². The standard InChI is InChI=1S/CHBrF3N/c2-6-1(3,4)5/h6H. The van der Waals surface area contributed by atoms with Crippen LogP contribution in [0.3, 0.4) is 0 Å². The maximum atomic E-state index is 10.6. The molecule has 0 atom stereocenters. The highest BCUT2D eigenvalue weighted by Gasteiger charge is 2.24. The monoisotopic (exact) mass is 163 g/mol. The highest BCUT2D eigenvalue weighted by molar-refractivity contribution is 9.08. The van der Waals surface area contributed by atoms with E-state index in [2.05, 4.69) is 0 Å². The Labute approximate surface area is 40.9 Å². The molecule has 0 rings (SSSR count). The molecule has 5 heteroatoms. The van der Waals surface area contributed by atoms with E-state index in [0.29, 0.717) is 0 Å². The normalized spacial score (nSPS) is 12.0. The van der Waals surface area contributed by atoms with Gasteiger partial charge in [-0.2, -0.15) is 17.5 Å². The number of nitrogens with one attached hydrogen (secondary N) is 1. The largest absolute Gasteiger partial charge is 0.467 e. The first-order chi connectivity index (χ1) is 2.56. The molecule has 0 saturated heterocycles. The van der Waals surface area contributed by atoms with Gasteiger partial charge in [0.1, 0.15) is 0 Å². The fourth-order valence-corrected chi connectivity index (χ4v) is 0. The van der Waals surface area contributed by atoms with Crippen molar-refractivity contribution >= 4 is 16.1 Å². The van der Waals surface area contributed by atoms with E-state index in [9.17, 15) is 13.2 Å². The molecule has 0 aliphatic carbocycles. The smallest absolute Gasteiger partial charge is 0.164 e. The second kappa shape index (κ2) is 1.79. The van der Waals surface area contributed by atoms with Crippen molar-refractivity contribution in [3.05, 3.63) is 0 Å². The van der Waals surface area contributed by atoms with Crippen LogP contribution in [0, 0.1) is 0 Å². The molecule has 0 aromatic rings. The van der Waals surface area contributed by atoms with E-state index in [-0.39, 0.29) is 0 Å². The summed E-state index contributed by atoms with van der Waals surface area (Å²) in [5.41, 5.74) is 0. The molecule has 0 aliphatic heterocycles. The Morgan fingerprint density at radius 3 is 1.50 bits per heavy atom. The molecule has 0 heterocycles. The molecule has 0 aliphatic rings. The van der Waals surface area contributed by atoms with Gasteiger partial charge >= 0.3 is 6.30 Å². The molecule has 0 spiro atoms. The van der Waals surface area contributed by atoms with Crippen LogP contribution in [0.4, 0.5) is 13.2 Å². The summed E-state index contributed by atoms with van der Waals surface area (Å²) in [6.45, 7) is 0. The van der Waals surface area contributed by atoms with Crippen molar-refractivity contribution in [2.24, 2.45) is 0 Å². The quantitative estimate of drug-likeness (QED) is 0.421. The van der Waals surface area contributed by atoms with Gasteiger partial charge in [0.2, 0.25) is 0 Å². The first-order valence-corrected chi connectivity index (χ1v) is 1.80. The van der Waals surface area contributed by atoms with Gasteiger partial charge in [0.25, 0.3) is 0 Å². The van der Waals surface area contributed by atoms with Crippen molar-refractivity contribution in [1.82, 2.24) is 4.34 Å². The minimum atomic E-state index is -4.29. The molecule has 1 nitrogen and oxygen atoms in total. The van der Waals surface area contributed by atoms with Gasteiger partial charge in [-0.05, 0) is 0 Å². The predicted molar refractivity (Wildman–Crippen MR) is 18.1 cm³/mol. The van der Waals surface area contributed by atoms with Crippen molar-refractivity contribution in [3.63, 3.8) is 0 Å². The van der Waals surface area contributed by atoms with Crippen LogP contribution >= 0.6 is 16.1 Å². The molecule has 0 bridgehead atoms. The van der Waals surface area contributed by atoms with Crippen molar-refractivity contribution in [2.45, 2.75) is 6.30 Å². The molecule has 0 saturated carbocycles. The third-order valence-corrected chi connectivity index (χ3v) is 0.557. The summed E-state index contributed by atoms with van der Waals surface area (Å²) < 4.78 is 32.8. The van der Waals surface area contributed by atoms with Crippen LogP contribution in [0.15, 0.2) is 0 Å². The van der Waals surface area contributed by atoms with Crippen molar-refractivity contribution in [3.8, 4) is 0 Å². The topological polar surface area (TPSA) is 12.0 Å². The van der Waals surface area contributed by atoms with Crippen LogP contribution in [0.1, 0.15) is 0 Å². The number of halogens is 4. The van der Waals surface area contributed by atoms with E-state index >= 15 is 0 Å². The Morgan fingerprint density at radius 1 is 1.33 bits per heavy atom. The minimum absolute atomic E-state index is 0.917. The molecule has 0 aromatic carbocycles. The number of alkyl halides is 3. The van der Waals surface area contributed by atoms with E-state index in [0.717, 1.165) is 4.34 Å². The van der Waals surface area contributed by atoms with Crippen LogP contribution < -0.4 is 4.34 Å². The molecule has 0 radical (unpaired) electrons. The van der Waals surface area contributed by atoms with Crippen molar-refractivity contribution < 1.29 is 13.2 Å². The van der Waals surface area contributed by atoms with Gasteiger partial charge in [-0.25, -0.2) is 0 Å². The second-order valence-electron chi connectivity index (χ2n) is 0.592. The van der Waals surface area contributed by atoms with Gasteiger partial charge in [-0.15, -0.1) is 0 Å². The summed E-state index contributed by atoms with van der Waals surface area (Å²) in [5.74, 6) is 0. The third kappa shape index (κ3) is 4.23. The molecule has 38 valence electrons. The van der Waals surface area contributed by atoms with Crippen LogP contribution in [-0.2, 0) is 0 Å². The van der Waals surface area contributed by atoms with Crippen molar-refractivity contribution in [1.29, 1.82) is 0 Å². The van der Waals surface area contributed by atoms with Crippen LogP contribution in [0.5, 0.6) is 0 Å². The summed E-state index contributed by atoms with van der Waals surface area (Å²) in [6.07, 6.45) is -4.29. The molecule has 0 amide bonds. The van der Waals surface area contributed by atoms with E-state index in [4.69, 9.17) is 0 Å². The average Bonchev–Trinajstić information content (AvgIpc) is 1.35. The van der Waals surface area contributed by atoms with E-state index < -0.39 is 6.30 Å². The van der Waals surface area contributed by atoms with Crippen LogP contribution in [0.25, 0.3) is 0 Å².